The average molecular weight is 265 g/mol. The Balaban J connectivity index is 1.75. The van der Waals surface area contributed by atoms with Gasteiger partial charge in [0.1, 0.15) is 5.76 Å². The molecule has 4 nitrogen and oxygen atoms in total. The van der Waals surface area contributed by atoms with Gasteiger partial charge in [-0.3, -0.25) is 4.79 Å². The van der Waals surface area contributed by atoms with Gasteiger partial charge in [-0.1, -0.05) is 6.92 Å². The molecule has 0 aromatic carbocycles. The molecule has 0 radical (unpaired) electrons. The second-order valence-electron chi connectivity index (χ2n) is 5.44. The Morgan fingerprint density at radius 2 is 2.21 bits per heavy atom. The van der Waals surface area contributed by atoms with E-state index in [-0.39, 0.29) is 12.0 Å². The van der Waals surface area contributed by atoms with Gasteiger partial charge in [-0.15, -0.1) is 0 Å². The van der Waals surface area contributed by atoms with E-state index in [2.05, 4.69) is 12.2 Å². The van der Waals surface area contributed by atoms with Crippen molar-refractivity contribution in [2.75, 3.05) is 6.54 Å². The van der Waals surface area contributed by atoms with Crippen LogP contribution in [0.5, 0.6) is 0 Å². The number of hydrogen-bond donors (Lipinski definition) is 2. The maximum absolute atomic E-state index is 10.9. The van der Waals surface area contributed by atoms with Gasteiger partial charge in [-0.2, -0.15) is 0 Å². The van der Waals surface area contributed by atoms with Gasteiger partial charge < -0.3 is 14.8 Å². The number of carboxylic acids is 1. The number of furan rings is 1. The number of carboxylic acid groups (broad SMARTS) is 1. The molecule has 2 rings (SSSR count). The van der Waals surface area contributed by atoms with Gasteiger partial charge in [0.05, 0.1) is 18.2 Å². The van der Waals surface area contributed by atoms with Crippen LogP contribution < -0.4 is 5.32 Å². The summed E-state index contributed by atoms with van der Waals surface area (Å²) in [5.41, 5.74) is 0. The summed E-state index contributed by atoms with van der Waals surface area (Å²) in [6.45, 7) is 3.09. The minimum atomic E-state index is -0.631. The third-order valence-corrected chi connectivity index (χ3v) is 4.14. The molecule has 0 saturated heterocycles. The van der Waals surface area contributed by atoms with Crippen molar-refractivity contribution in [3.8, 4) is 0 Å². The van der Waals surface area contributed by atoms with Crippen LogP contribution in [0.25, 0.3) is 0 Å². The lowest BCUT2D eigenvalue weighted by molar-refractivity contribution is -0.143. The number of nitrogens with one attached hydrogen (secondary N) is 1. The number of carbonyl (C=O) groups is 1. The van der Waals surface area contributed by atoms with E-state index in [1.54, 1.807) is 6.26 Å². The van der Waals surface area contributed by atoms with Crippen LogP contribution in [-0.4, -0.2) is 17.6 Å². The molecular weight excluding hydrogens is 242 g/mol. The standard InChI is InChI=1S/C15H23NO3/c1-2-13(14-4-3-9-19-14)16-10-11-5-7-12(8-6-11)15(17)18/h3-4,9,11-13,16H,2,5-8,10H2,1H3,(H,17,18). The lowest BCUT2D eigenvalue weighted by Crippen LogP contribution is -2.30. The summed E-state index contributed by atoms with van der Waals surface area (Å²) in [6, 6.07) is 4.19. The topological polar surface area (TPSA) is 62.5 Å². The van der Waals surface area contributed by atoms with E-state index < -0.39 is 5.97 Å². The summed E-state index contributed by atoms with van der Waals surface area (Å²) >= 11 is 0. The normalized spacial score (nSPS) is 25.1. The molecular formula is C15H23NO3. The van der Waals surface area contributed by atoms with Crippen LogP contribution in [0, 0.1) is 11.8 Å². The fourth-order valence-corrected chi connectivity index (χ4v) is 2.86. The molecule has 106 valence electrons. The molecule has 19 heavy (non-hydrogen) atoms. The molecule has 1 fully saturated rings. The summed E-state index contributed by atoms with van der Waals surface area (Å²) in [7, 11) is 0. The van der Waals surface area contributed by atoms with Crippen molar-refractivity contribution in [3.63, 3.8) is 0 Å². The van der Waals surface area contributed by atoms with Crippen LogP contribution in [0.4, 0.5) is 0 Å². The van der Waals surface area contributed by atoms with Crippen LogP contribution in [0.2, 0.25) is 0 Å². The summed E-state index contributed by atoms with van der Waals surface area (Å²) in [6.07, 6.45) is 6.37. The Hall–Kier alpha value is -1.29. The van der Waals surface area contributed by atoms with E-state index in [0.717, 1.165) is 44.4 Å². The molecule has 1 aromatic heterocycles. The molecule has 1 aliphatic rings. The average Bonchev–Trinajstić information content (AvgIpc) is 2.94. The van der Waals surface area contributed by atoms with Gasteiger partial charge in [0, 0.05) is 0 Å². The van der Waals surface area contributed by atoms with Gasteiger partial charge in [-0.05, 0) is 56.7 Å². The molecule has 4 heteroatoms. The van der Waals surface area contributed by atoms with Crippen LogP contribution >= 0.6 is 0 Å². The first-order chi connectivity index (χ1) is 9.20. The zero-order chi connectivity index (χ0) is 13.7. The molecule has 0 spiro atoms. The number of rotatable bonds is 6. The molecule has 1 saturated carbocycles. The van der Waals surface area contributed by atoms with E-state index >= 15 is 0 Å². The molecule has 0 aliphatic heterocycles. The highest BCUT2D eigenvalue weighted by molar-refractivity contribution is 5.69. The molecule has 2 N–H and O–H groups in total. The Morgan fingerprint density at radius 3 is 2.74 bits per heavy atom. The first-order valence-corrected chi connectivity index (χ1v) is 7.20. The Labute approximate surface area is 114 Å². The molecule has 1 unspecified atom stereocenters. The number of aliphatic carboxylic acids is 1. The minimum absolute atomic E-state index is 0.122. The molecule has 0 bridgehead atoms. The van der Waals surface area contributed by atoms with Gasteiger partial charge in [0.15, 0.2) is 0 Å². The summed E-state index contributed by atoms with van der Waals surface area (Å²) < 4.78 is 5.43. The third-order valence-electron chi connectivity index (χ3n) is 4.14. The maximum atomic E-state index is 10.9. The van der Waals surface area contributed by atoms with Crippen LogP contribution in [0.1, 0.15) is 50.8 Å². The molecule has 1 heterocycles. The smallest absolute Gasteiger partial charge is 0.306 e. The van der Waals surface area contributed by atoms with Crippen molar-refractivity contribution in [2.24, 2.45) is 11.8 Å². The molecule has 1 aliphatic carbocycles. The molecule has 0 amide bonds. The van der Waals surface area contributed by atoms with Gasteiger partial charge in [0.25, 0.3) is 0 Å². The summed E-state index contributed by atoms with van der Waals surface area (Å²) in [5, 5.41) is 12.5. The second kappa shape index (κ2) is 6.75. The second-order valence-corrected chi connectivity index (χ2v) is 5.44. The molecule has 1 atom stereocenters. The Morgan fingerprint density at radius 1 is 1.47 bits per heavy atom. The van der Waals surface area contributed by atoms with Crippen LogP contribution in [-0.2, 0) is 4.79 Å². The zero-order valence-corrected chi connectivity index (χ0v) is 11.5. The fourth-order valence-electron chi connectivity index (χ4n) is 2.86. The predicted octanol–water partition coefficient (Wildman–Crippen LogP) is 3.21. The van der Waals surface area contributed by atoms with Crippen molar-refractivity contribution < 1.29 is 14.3 Å². The Bertz CT molecular complexity index is 380. The lowest BCUT2D eigenvalue weighted by atomic mass is 9.82. The largest absolute Gasteiger partial charge is 0.481 e. The number of hydrogen-bond acceptors (Lipinski definition) is 3. The van der Waals surface area contributed by atoms with Gasteiger partial charge >= 0.3 is 5.97 Å². The first-order valence-electron chi connectivity index (χ1n) is 7.20. The fraction of sp³-hybridized carbons (Fsp3) is 0.667. The quantitative estimate of drug-likeness (QED) is 0.829. The molecule has 1 aromatic rings. The van der Waals surface area contributed by atoms with Crippen molar-refractivity contribution >= 4 is 5.97 Å². The summed E-state index contributed by atoms with van der Waals surface area (Å²) in [5.74, 6) is 0.832. The monoisotopic (exact) mass is 265 g/mol. The Kier molecular flexibility index (Phi) is 5.02. The van der Waals surface area contributed by atoms with Crippen molar-refractivity contribution in [1.82, 2.24) is 5.32 Å². The van der Waals surface area contributed by atoms with E-state index in [1.165, 1.54) is 0 Å². The third kappa shape index (κ3) is 3.83. The first kappa shape index (κ1) is 14.1. The predicted molar refractivity (Wildman–Crippen MR) is 72.8 cm³/mol. The zero-order valence-electron chi connectivity index (χ0n) is 11.5. The van der Waals surface area contributed by atoms with Crippen molar-refractivity contribution in [3.05, 3.63) is 24.2 Å². The summed E-state index contributed by atoms with van der Waals surface area (Å²) in [4.78, 5) is 10.9. The van der Waals surface area contributed by atoms with E-state index in [9.17, 15) is 4.79 Å². The van der Waals surface area contributed by atoms with Crippen molar-refractivity contribution in [1.29, 1.82) is 0 Å². The maximum Gasteiger partial charge on any atom is 0.306 e. The van der Waals surface area contributed by atoms with Crippen LogP contribution in [0.15, 0.2) is 22.8 Å². The highest BCUT2D eigenvalue weighted by atomic mass is 16.4. The van der Waals surface area contributed by atoms with Crippen LogP contribution in [0.3, 0.4) is 0 Å². The highest BCUT2D eigenvalue weighted by Crippen LogP contribution is 2.29. The lowest BCUT2D eigenvalue weighted by Gasteiger charge is -2.27. The van der Waals surface area contributed by atoms with Gasteiger partial charge in [-0.25, -0.2) is 0 Å². The van der Waals surface area contributed by atoms with E-state index in [1.807, 2.05) is 12.1 Å². The van der Waals surface area contributed by atoms with Crippen molar-refractivity contribution in [2.45, 2.75) is 45.1 Å². The van der Waals surface area contributed by atoms with Gasteiger partial charge in [0.2, 0.25) is 0 Å². The van der Waals surface area contributed by atoms with E-state index in [0.29, 0.717) is 5.92 Å². The SMILES string of the molecule is CCC(NCC1CCC(C(=O)O)CC1)c1ccco1. The van der Waals surface area contributed by atoms with E-state index in [4.69, 9.17) is 9.52 Å². The highest BCUT2D eigenvalue weighted by Gasteiger charge is 2.26. The minimum Gasteiger partial charge on any atom is -0.481 e.